The van der Waals surface area contributed by atoms with E-state index in [0.29, 0.717) is 22.6 Å². The van der Waals surface area contributed by atoms with Crippen LogP contribution < -0.4 is 10.1 Å². The average molecular weight is 263 g/mol. The Morgan fingerprint density at radius 3 is 3.05 bits per heavy atom. The number of carbonyl (C=O) groups excluding carboxylic acids is 1. The van der Waals surface area contributed by atoms with E-state index in [1.807, 2.05) is 0 Å². The van der Waals surface area contributed by atoms with Crippen molar-refractivity contribution in [2.45, 2.75) is 0 Å². The molecule has 0 spiro atoms. The molecule has 0 radical (unpaired) electrons. The number of nitrogens with one attached hydrogen (secondary N) is 1. The lowest BCUT2D eigenvalue weighted by Gasteiger charge is -2.19. The van der Waals surface area contributed by atoms with E-state index in [0.717, 1.165) is 6.08 Å². The number of amides is 1. The Kier molecular flexibility index (Phi) is 3.82. The number of rotatable bonds is 4. The number of methoxy groups -OCH3 is 1. The number of hydrogen-bond donors (Lipinski definition) is 2. The summed E-state index contributed by atoms with van der Waals surface area (Å²) < 4.78 is 10.2. The summed E-state index contributed by atoms with van der Waals surface area (Å²) in [6.45, 7) is 0.155. The van der Waals surface area contributed by atoms with Crippen LogP contribution in [0, 0.1) is 0 Å². The Morgan fingerprint density at radius 1 is 1.58 bits per heavy atom. The maximum atomic E-state index is 11.2. The highest BCUT2D eigenvalue weighted by atomic mass is 16.5. The smallest absolute Gasteiger partial charge is 0.328 e. The summed E-state index contributed by atoms with van der Waals surface area (Å²) in [6, 6.07) is 5.08. The first-order chi connectivity index (χ1) is 9.10. The van der Waals surface area contributed by atoms with Gasteiger partial charge in [-0.25, -0.2) is 4.79 Å². The van der Waals surface area contributed by atoms with Crippen LogP contribution in [-0.2, 0) is 14.3 Å². The molecule has 1 aliphatic rings. The summed E-state index contributed by atoms with van der Waals surface area (Å²) in [5.41, 5.74) is 1.70. The van der Waals surface area contributed by atoms with E-state index >= 15 is 0 Å². The van der Waals surface area contributed by atoms with Gasteiger partial charge in [0.1, 0.15) is 5.75 Å². The molecule has 0 aromatic heterocycles. The predicted molar refractivity (Wildman–Crippen MR) is 68.1 cm³/mol. The summed E-state index contributed by atoms with van der Waals surface area (Å²) in [4.78, 5) is 22.0. The summed E-state index contributed by atoms with van der Waals surface area (Å²) in [6.07, 6.45) is 1.08. The Labute approximate surface area is 109 Å². The molecule has 1 amide bonds. The fourth-order valence-corrected chi connectivity index (χ4v) is 1.80. The summed E-state index contributed by atoms with van der Waals surface area (Å²) in [7, 11) is 1.49. The Morgan fingerprint density at radius 2 is 2.37 bits per heavy atom. The first-order valence-electron chi connectivity index (χ1n) is 5.59. The maximum Gasteiger partial charge on any atom is 0.328 e. The fraction of sp³-hybridized carbons (Fsp3) is 0.231. The Balaban J connectivity index is 2.36. The number of fused-ring (bicyclic) bond motifs is 1. The number of ether oxygens (including phenoxy) is 2. The van der Waals surface area contributed by atoms with Crippen LogP contribution in [0.25, 0.3) is 5.57 Å². The topological polar surface area (TPSA) is 84.9 Å². The average Bonchev–Trinajstić information content (AvgIpc) is 2.37. The van der Waals surface area contributed by atoms with Crippen molar-refractivity contribution in [2.75, 3.05) is 25.6 Å². The number of carboxylic acid groups (broad SMARTS) is 1. The molecule has 0 bridgehead atoms. The van der Waals surface area contributed by atoms with Gasteiger partial charge in [-0.3, -0.25) is 4.79 Å². The van der Waals surface area contributed by atoms with E-state index in [2.05, 4.69) is 5.32 Å². The van der Waals surface area contributed by atoms with Gasteiger partial charge in [0.05, 0.1) is 12.3 Å². The molecule has 1 aromatic rings. The molecule has 19 heavy (non-hydrogen) atoms. The number of carboxylic acids is 1. The number of hydrogen-bond acceptors (Lipinski definition) is 4. The molecule has 2 N–H and O–H groups in total. The standard InChI is InChI=1S/C13H13NO5/c1-18-6-9(5-13(16)17)8-2-3-11-10(4-8)14-12(15)7-19-11/h2-5H,6-7H2,1H3,(H,14,15)(H,16,17)/b9-5+. The van der Waals surface area contributed by atoms with Gasteiger partial charge in [0, 0.05) is 13.2 Å². The first-order valence-corrected chi connectivity index (χ1v) is 5.59. The molecule has 0 saturated carbocycles. The molecule has 0 unspecified atom stereocenters. The van der Waals surface area contributed by atoms with Gasteiger partial charge in [-0.2, -0.15) is 0 Å². The van der Waals surface area contributed by atoms with Crippen LogP contribution in [0.5, 0.6) is 5.75 Å². The van der Waals surface area contributed by atoms with Gasteiger partial charge >= 0.3 is 5.97 Å². The van der Waals surface area contributed by atoms with E-state index in [9.17, 15) is 9.59 Å². The lowest BCUT2D eigenvalue weighted by Crippen LogP contribution is -2.25. The summed E-state index contributed by atoms with van der Waals surface area (Å²) in [5, 5.41) is 11.5. The molecular formula is C13H13NO5. The van der Waals surface area contributed by atoms with Crippen LogP contribution in [0.4, 0.5) is 5.69 Å². The predicted octanol–water partition coefficient (Wildman–Crippen LogP) is 1.13. The largest absolute Gasteiger partial charge is 0.482 e. The van der Waals surface area contributed by atoms with Crippen molar-refractivity contribution < 1.29 is 24.2 Å². The molecule has 0 fully saturated rings. The van der Waals surface area contributed by atoms with Crippen molar-refractivity contribution in [2.24, 2.45) is 0 Å². The molecular weight excluding hydrogens is 250 g/mol. The van der Waals surface area contributed by atoms with Gasteiger partial charge in [0.2, 0.25) is 0 Å². The van der Waals surface area contributed by atoms with Crippen molar-refractivity contribution in [3.8, 4) is 5.75 Å². The van der Waals surface area contributed by atoms with Crippen LogP contribution in [0.15, 0.2) is 24.3 Å². The third-order valence-corrected chi connectivity index (χ3v) is 2.58. The third-order valence-electron chi connectivity index (χ3n) is 2.58. The molecule has 0 saturated heterocycles. The molecule has 1 aliphatic heterocycles. The van der Waals surface area contributed by atoms with Crippen molar-refractivity contribution in [3.63, 3.8) is 0 Å². The van der Waals surface area contributed by atoms with Gasteiger partial charge in [0.15, 0.2) is 6.61 Å². The highest BCUT2D eigenvalue weighted by Gasteiger charge is 2.17. The number of anilines is 1. The zero-order chi connectivity index (χ0) is 13.8. The molecule has 1 heterocycles. The molecule has 100 valence electrons. The van der Waals surface area contributed by atoms with Crippen molar-refractivity contribution in [3.05, 3.63) is 29.8 Å². The third kappa shape index (κ3) is 3.11. The number of carbonyl (C=O) groups is 2. The monoisotopic (exact) mass is 263 g/mol. The van der Waals surface area contributed by atoms with E-state index in [1.54, 1.807) is 18.2 Å². The maximum absolute atomic E-state index is 11.2. The van der Waals surface area contributed by atoms with E-state index in [-0.39, 0.29) is 19.1 Å². The van der Waals surface area contributed by atoms with Crippen LogP contribution in [0.3, 0.4) is 0 Å². The number of aliphatic carboxylic acids is 1. The minimum absolute atomic E-state index is 0.0117. The Bertz CT molecular complexity index is 550. The fourth-order valence-electron chi connectivity index (χ4n) is 1.80. The van der Waals surface area contributed by atoms with Crippen molar-refractivity contribution in [1.82, 2.24) is 0 Å². The van der Waals surface area contributed by atoms with E-state index < -0.39 is 5.97 Å². The molecule has 6 heteroatoms. The molecule has 1 aromatic carbocycles. The van der Waals surface area contributed by atoms with Crippen LogP contribution in [0.2, 0.25) is 0 Å². The summed E-state index contributed by atoms with van der Waals surface area (Å²) >= 11 is 0. The van der Waals surface area contributed by atoms with Crippen LogP contribution in [0.1, 0.15) is 5.56 Å². The van der Waals surface area contributed by atoms with Crippen molar-refractivity contribution >= 4 is 23.1 Å². The normalized spacial score (nSPS) is 14.4. The quantitative estimate of drug-likeness (QED) is 0.795. The van der Waals surface area contributed by atoms with Gasteiger partial charge in [-0.15, -0.1) is 0 Å². The second-order valence-corrected chi connectivity index (χ2v) is 3.99. The van der Waals surface area contributed by atoms with Crippen LogP contribution >= 0.6 is 0 Å². The Hall–Kier alpha value is -2.34. The highest BCUT2D eigenvalue weighted by Crippen LogP contribution is 2.30. The van der Waals surface area contributed by atoms with E-state index in [4.69, 9.17) is 14.6 Å². The lowest BCUT2D eigenvalue weighted by molar-refractivity contribution is -0.131. The highest BCUT2D eigenvalue weighted by molar-refractivity contribution is 5.97. The van der Waals surface area contributed by atoms with Gasteiger partial charge in [-0.1, -0.05) is 6.07 Å². The second-order valence-electron chi connectivity index (χ2n) is 3.99. The zero-order valence-corrected chi connectivity index (χ0v) is 10.3. The molecule has 2 rings (SSSR count). The lowest BCUT2D eigenvalue weighted by atomic mass is 10.0. The molecule has 0 aliphatic carbocycles. The molecule has 6 nitrogen and oxygen atoms in total. The minimum Gasteiger partial charge on any atom is -0.482 e. The zero-order valence-electron chi connectivity index (χ0n) is 10.3. The minimum atomic E-state index is -1.05. The van der Waals surface area contributed by atoms with Gasteiger partial charge in [0.25, 0.3) is 5.91 Å². The van der Waals surface area contributed by atoms with Gasteiger partial charge < -0.3 is 19.9 Å². The number of benzene rings is 1. The molecule has 0 atom stereocenters. The summed E-state index contributed by atoms with van der Waals surface area (Å²) in [5.74, 6) is -0.722. The SMILES string of the molecule is COC/C(=C\C(=O)O)c1ccc2c(c1)NC(=O)CO2. The van der Waals surface area contributed by atoms with Gasteiger partial charge in [-0.05, 0) is 23.3 Å². The van der Waals surface area contributed by atoms with Crippen LogP contribution in [-0.4, -0.2) is 37.3 Å². The second kappa shape index (κ2) is 5.53. The first kappa shape index (κ1) is 13.1. The van der Waals surface area contributed by atoms with E-state index in [1.165, 1.54) is 7.11 Å². The van der Waals surface area contributed by atoms with Crippen molar-refractivity contribution in [1.29, 1.82) is 0 Å².